The van der Waals surface area contributed by atoms with Gasteiger partial charge in [0.1, 0.15) is 22.3 Å². The molecule has 152 valence electrons. The van der Waals surface area contributed by atoms with Gasteiger partial charge >= 0.3 is 6.03 Å². The van der Waals surface area contributed by atoms with E-state index in [0.29, 0.717) is 5.56 Å². The fraction of sp³-hybridized carbons (Fsp3) is 0.294. The van der Waals surface area contributed by atoms with Gasteiger partial charge in [0.15, 0.2) is 0 Å². The molecule has 0 spiro atoms. The van der Waals surface area contributed by atoms with Crippen LogP contribution in [0.4, 0.5) is 19.4 Å². The smallest absolute Gasteiger partial charge is 0.333 e. The minimum absolute atomic E-state index is 0.00136. The molecule has 0 bridgehead atoms. The number of pyridine rings is 1. The molecule has 0 saturated heterocycles. The molecule has 0 fully saturated rings. The third-order valence-corrected chi connectivity index (χ3v) is 5.01. The van der Waals surface area contributed by atoms with Gasteiger partial charge in [-0.25, -0.2) is 31.7 Å². The summed E-state index contributed by atoms with van der Waals surface area (Å²) in [6.07, 6.45) is 1.40. The maximum atomic E-state index is 13.1. The molecule has 0 aliphatic carbocycles. The summed E-state index contributed by atoms with van der Waals surface area (Å²) in [6.45, 7) is 3.56. The first-order valence-corrected chi connectivity index (χ1v) is 9.87. The number of urea groups is 1. The maximum Gasteiger partial charge on any atom is 0.333 e. The molecule has 0 radical (unpaired) electrons. The number of amides is 2. The van der Waals surface area contributed by atoms with Crippen molar-refractivity contribution in [3.8, 4) is 0 Å². The molecule has 0 aliphatic heterocycles. The Morgan fingerprint density at radius 1 is 1.14 bits per heavy atom. The molecule has 1 heterocycles. The second-order valence-electron chi connectivity index (χ2n) is 6.19. The zero-order chi connectivity index (χ0) is 20.7. The molecular formula is C17H21F2N5O3S. The molecular weight excluding hydrogens is 392 g/mol. The van der Waals surface area contributed by atoms with E-state index in [-0.39, 0.29) is 29.7 Å². The predicted molar refractivity (Wildman–Crippen MR) is 99.9 cm³/mol. The highest BCUT2D eigenvalue weighted by molar-refractivity contribution is 7.89. The van der Waals surface area contributed by atoms with Crippen LogP contribution in [0.2, 0.25) is 0 Å². The number of hydrogen-bond donors (Lipinski definition) is 4. The Bertz CT molecular complexity index is 901. The first-order chi connectivity index (χ1) is 13.2. The fourth-order valence-electron chi connectivity index (χ4n) is 2.23. The van der Waals surface area contributed by atoms with E-state index in [9.17, 15) is 22.0 Å². The minimum Gasteiger partial charge on any atom is -0.336 e. The number of hydrazine groups is 1. The molecule has 28 heavy (non-hydrogen) atoms. The number of aromatic nitrogens is 1. The van der Waals surface area contributed by atoms with Crippen molar-refractivity contribution in [1.29, 1.82) is 0 Å². The Labute approximate surface area is 161 Å². The molecule has 11 heteroatoms. The molecule has 1 aromatic carbocycles. The van der Waals surface area contributed by atoms with Crippen LogP contribution in [0.3, 0.4) is 0 Å². The second-order valence-corrected chi connectivity index (χ2v) is 7.90. The van der Waals surface area contributed by atoms with Crippen molar-refractivity contribution < 1.29 is 22.0 Å². The van der Waals surface area contributed by atoms with Crippen molar-refractivity contribution in [3.05, 3.63) is 53.7 Å². The lowest BCUT2D eigenvalue weighted by Crippen LogP contribution is -2.40. The van der Waals surface area contributed by atoms with E-state index in [2.05, 4.69) is 25.9 Å². The van der Waals surface area contributed by atoms with Gasteiger partial charge in [0.25, 0.3) is 0 Å². The number of rotatable bonds is 8. The maximum absolute atomic E-state index is 13.1. The largest absolute Gasteiger partial charge is 0.336 e. The van der Waals surface area contributed by atoms with Crippen LogP contribution in [-0.4, -0.2) is 32.0 Å². The number of nitrogens with one attached hydrogen (secondary N) is 4. The van der Waals surface area contributed by atoms with Gasteiger partial charge in [-0.3, -0.25) is 10.9 Å². The van der Waals surface area contributed by atoms with Gasteiger partial charge in [-0.1, -0.05) is 0 Å². The summed E-state index contributed by atoms with van der Waals surface area (Å²) in [5.41, 5.74) is 5.26. The van der Waals surface area contributed by atoms with Crippen molar-refractivity contribution >= 4 is 21.9 Å². The van der Waals surface area contributed by atoms with Crippen LogP contribution in [0.25, 0.3) is 0 Å². The quantitative estimate of drug-likeness (QED) is 0.494. The summed E-state index contributed by atoms with van der Waals surface area (Å²) in [6, 6.07) is 5.05. The first-order valence-electron chi connectivity index (χ1n) is 8.39. The number of anilines is 1. The average Bonchev–Trinajstić information content (AvgIpc) is 2.58. The number of hydrogen-bond acceptors (Lipinski definition) is 5. The molecule has 2 rings (SSSR count). The van der Waals surface area contributed by atoms with Gasteiger partial charge in [-0.15, -0.1) is 0 Å². The van der Waals surface area contributed by atoms with Gasteiger partial charge < -0.3 is 5.32 Å². The zero-order valence-corrected chi connectivity index (χ0v) is 16.1. The highest BCUT2D eigenvalue weighted by Gasteiger charge is 2.15. The normalized spacial score (nSPS) is 11.3. The van der Waals surface area contributed by atoms with Crippen molar-refractivity contribution in [2.45, 2.75) is 31.2 Å². The average molecular weight is 413 g/mol. The zero-order valence-electron chi connectivity index (χ0n) is 15.3. The number of benzene rings is 1. The Morgan fingerprint density at radius 2 is 1.82 bits per heavy atom. The number of nitrogens with zero attached hydrogens (tertiary/aromatic N) is 1. The summed E-state index contributed by atoms with van der Waals surface area (Å²) in [5.74, 6) is -1.13. The van der Waals surface area contributed by atoms with Crippen LogP contribution >= 0.6 is 0 Å². The highest BCUT2D eigenvalue weighted by atomic mass is 32.2. The molecule has 0 atom stereocenters. The third kappa shape index (κ3) is 6.74. The van der Waals surface area contributed by atoms with Gasteiger partial charge in [0.2, 0.25) is 10.0 Å². The van der Waals surface area contributed by atoms with Crippen molar-refractivity contribution in [2.24, 2.45) is 0 Å². The van der Waals surface area contributed by atoms with Gasteiger partial charge in [0.05, 0.1) is 0 Å². The molecule has 0 aliphatic rings. The van der Waals surface area contributed by atoms with Gasteiger partial charge in [0, 0.05) is 24.8 Å². The summed E-state index contributed by atoms with van der Waals surface area (Å²) < 4.78 is 52.6. The van der Waals surface area contributed by atoms with Crippen LogP contribution in [0, 0.1) is 11.6 Å². The molecule has 4 N–H and O–H groups in total. The monoisotopic (exact) mass is 413 g/mol. The lowest BCUT2D eigenvalue weighted by atomic mass is 10.1. The number of carbonyl (C=O) groups is 1. The molecule has 0 unspecified atom stereocenters. The second kappa shape index (κ2) is 9.42. The van der Waals surface area contributed by atoms with E-state index < -0.39 is 27.7 Å². The number of sulfonamides is 1. The molecule has 2 aromatic rings. The SMILES string of the molecule is CC(C)NS(=O)(=O)c1ccc(NNC(=O)NCCc2cc(F)cc(F)c2)nc1. The van der Waals surface area contributed by atoms with Crippen LogP contribution < -0.4 is 20.9 Å². The van der Waals surface area contributed by atoms with Gasteiger partial charge in [-0.2, -0.15) is 0 Å². The topological polar surface area (TPSA) is 112 Å². The lowest BCUT2D eigenvalue weighted by Gasteiger charge is -2.11. The van der Waals surface area contributed by atoms with Crippen molar-refractivity contribution in [1.82, 2.24) is 20.4 Å². The van der Waals surface area contributed by atoms with Crippen LogP contribution in [0.1, 0.15) is 19.4 Å². The summed E-state index contributed by atoms with van der Waals surface area (Å²) in [4.78, 5) is 15.6. The predicted octanol–water partition coefficient (Wildman–Crippen LogP) is 1.92. The number of carbonyl (C=O) groups excluding carboxylic acids is 1. The third-order valence-electron chi connectivity index (χ3n) is 3.36. The van der Waals surface area contributed by atoms with E-state index in [1.165, 1.54) is 24.3 Å². The Kier molecular flexibility index (Phi) is 7.24. The summed E-state index contributed by atoms with van der Waals surface area (Å²) >= 11 is 0. The van der Waals surface area contributed by atoms with E-state index in [0.717, 1.165) is 12.3 Å². The highest BCUT2D eigenvalue weighted by Crippen LogP contribution is 2.11. The van der Waals surface area contributed by atoms with E-state index >= 15 is 0 Å². The first kappa shape index (κ1) is 21.5. The molecule has 8 nitrogen and oxygen atoms in total. The summed E-state index contributed by atoms with van der Waals surface area (Å²) in [7, 11) is -3.65. The Hall–Kier alpha value is -2.79. The van der Waals surface area contributed by atoms with E-state index in [4.69, 9.17) is 0 Å². The molecule has 0 saturated carbocycles. The van der Waals surface area contributed by atoms with E-state index in [1.807, 2.05) is 0 Å². The molecule has 1 aromatic heterocycles. The minimum atomic E-state index is -3.65. The lowest BCUT2D eigenvalue weighted by molar-refractivity contribution is 0.243. The molecule has 2 amide bonds. The number of halogens is 2. The fourth-order valence-corrected chi connectivity index (χ4v) is 3.43. The standard InChI is InChI=1S/C17H21F2N5O3S/c1-11(2)24-28(26,27)15-3-4-16(21-10-15)22-23-17(25)20-6-5-12-7-13(18)9-14(19)8-12/h3-4,7-11,24H,5-6H2,1-2H3,(H,21,22)(H2,20,23,25). The van der Waals surface area contributed by atoms with Crippen molar-refractivity contribution in [3.63, 3.8) is 0 Å². The van der Waals surface area contributed by atoms with Gasteiger partial charge in [-0.05, 0) is 50.1 Å². The van der Waals surface area contributed by atoms with Crippen LogP contribution in [0.5, 0.6) is 0 Å². The van der Waals surface area contributed by atoms with Crippen molar-refractivity contribution in [2.75, 3.05) is 12.0 Å². The van der Waals surface area contributed by atoms with Crippen LogP contribution in [0.15, 0.2) is 41.4 Å². The Morgan fingerprint density at radius 3 is 2.39 bits per heavy atom. The van der Waals surface area contributed by atoms with E-state index in [1.54, 1.807) is 13.8 Å². The van der Waals surface area contributed by atoms with Crippen LogP contribution in [-0.2, 0) is 16.4 Å². The Balaban J connectivity index is 1.79. The summed E-state index contributed by atoms with van der Waals surface area (Å²) in [5, 5.41) is 2.51.